The number of hydrogen-bond donors (Lipinski definition) is 2. The molecule has 104 valence electrons. The molecule has 2 aromatic rings. The molecule has 19 heavy (non-hydrogen) atoms. The molecule has 0 saturated heterocycles. The van der Waals surface area contributed by atoms with Crippen molar-refractivity contribution in [2.24, 2.45) is 0 Å². The molecular formula is C12H13F2NO4. The van der Waals surface area contributed by atoms with Crippen molar-refractivity contribution in [2.75, 3.05) is 13.2 Å². The number of alkyl halides is 2. The van der Waals surface area contributed by atoms with Gasteiger partial charge in [0, 0.05) is 13.0 Å². The van der Waals surface area contributed by atoms with E-state index in [-0.39, 0.29) is 13.0 Å². The highest BCUT2D eigenvalue weighted by Gasteiger charge is 2.11. The van der Waals surface area contributed by atoms with Gasteiger partial charge in [-0.1, -0.05) is 6.07 Å². The number of H-pyrrole nitrogens is 1. The first-order valence-corrected chi connectivity index (χ1v) is 5.73. The van der Waals surface area contributed by atoms with Crippen LogP contribution in [-0.4, -0.2) is 29.7 Å². The summed E-state index contributed by atoms with van der Waals surface area (Å²) < 4.78 is 33.2. The Bertz CT molecular complexity index is 593. The van der Waals surface area contributed by atoms with Crippen LogP contribution in [0.1, 0.15) is 18.1 Å². The van der Waals surface area contributed by atoms with Gasteiger partial charge in [0.25, 0.3) is 6.43 Å². The van der Waals surface area contributed by atoms with Crippen LogP contribution in [0.3, 0.4) is 0 Å². The lowest BCUT2D eigenvalue weighted by atomic mass is 10.1. The molecule has 0 spiro atoms. The SMILES string of the molecule is O=c1[nH]c2ccc(C(O)CCOCC(F)F)cc2o1. The third kappa shape index (κ3) is 3.62. The Labute approximate surface area is 106 Å². The second-order valence-electron chi connectivity index (χ2n) is 4.04. The van der Waals surface area contributed by atoms with E-state index in [1.807, 2.05) is 0 Å². The number of ether oxygens (including phenoxy) is 1. The molecule has 5 nitrogen and oxygen atoms in total. The first-order valence-electron chi connectivity index (χ1n) is 5.73. The van der Waals surface area contributed by atoms with Crippen molar-refractivity contribution in [3.8, 4) is 0 Å². The van der Waals surface area contributed by atoms with Crippen molar-refractivity contribution in [2.45, 2.75) is 19.0 Å². The molecule has 1 heterocycles. The van der Waals surface area contributed by atoms with Gasteiger partial charge >= 0.3 is 5.76 Å². The Morgan fingerprint density at radius 2 is 2.21 bits per heavy atom. The molecule has 1 unspecified atom stereocenters. The molecule has 0 radical (unpaired) electrons. The summed E-state index contributed by atoms with van der Waals surface area (Å²) >= 11 is 0. The number of aliphatic hydroxyl groups is 1. The highest BCUT2D eigenvalue weighted by Crippen LogP contribution is 2.20. The van der Waals surface area contributed by atoms with E-state index >= 15 is 0 Å². The summed E-state index contributed by atoms with van der Waals surface area (Å²) in [5.74, 6) is -0.568. The van der Waals surface area contributed by atoms with Crippen molar-refractivity contribution >= 4 is 11.1 Å². The number of rotatable bonds is 6. The number of benzene rings is 1. The second kappa shape index (κ2) is 5.94. The van der Waals surface area contributed by atoms with E-state index in [0.29, 0.717) is 16.7 Å². The van der Waals surface area contributed by atoms with Crippen LogP contribution >= 0.6 is 0 Å². The molecule has 2 rings (SSSR count). The Balaban J connectivity index is 1.96. The number of hydrogen-bond acceptors (Lipinski definition) is 4. The van der Waals surface area contributed by atoms with Crippen LogP contribution in [0.2, 0.25) is 0 Å². The number of halogens is 2. The van der Waals surface area contributed by atoms with Gasteiger partial charge in [-0.05, 0) is 17.7 Å². The van der Waals surface area contributed by atoms with Crippen molar-refractivity contribution in [1.82, 2.24) is 4.98 Å². The zero-order chi connectivity index (χ0) is 13.8. The molecular weight excluding hydrogens is 260 g/mol. The topological polar surface area (TPSA) is 75.5 Å². The number of aliphatic hydroxyl groups excluding tert-OH is 1. The summed E-state index contributed by atoms with van der Waals surface area (Å²) in [4.78, 5) is 13.4. The molecule has 7 heteroatoms. The average Bonchev–Trinajstić information content (AvgIpc) is 2.73. The molecule has 0 amide bonds. The maximum atomic E-state index is 11.8. The third-order valence-electron chi connectivity index (χ3n) is 2.61. The van der Waals surface area contributed by atoms with Gasteiger partial charge in [0.15, 0.2) is 5.58 Å². The van der Waals surface area contributed by atoms with Crippen LogP contribution in [0, 0.1) is 0 Å². The average molecular weight is 273 g/mol. The van der Waals surface area contributed by atoms with Crippen molar-refractivity contribution in [1.29, 1.82) is 0 Å². The normalized spacial score (nSPS) is 13.3. The van der Waals surface area contributed by atoms with Gasteiger partial charge < -0.3 is 14.3 Å². The van der Waals surface area contributed by atoms with Gasteiger partial charge in [0.1, 0.15) is 6.61 Å². The molecule has 2 N–H and O–H groups in total. The standard InChI is InChI=1S/C12H13F2NO4/c13-11(14)6-18-4-3-9(16)7-1-2-8-10(5-7)19-12(17)15-8/h1-2,5,9,11,16H,3-4,6H2,(H,15,17). The lowest BCUT2D eigenvalue weighted by Crippen LogP contribution is -2.08. The smallest absolute Gasteiger partial charge is 0.408 e. The second-order valence-corrected chi connectivity index (χ2v) is 4.04. The third-order valence-corrected chi connectivity index (χ3v) is 2.61. The molecule has 0 fully saturated rings. The van der Waals surface area contributed by atoms with E-state index in [0.717, 1.165) is 0 Å². The molecule has 1 aromatic carbocycles. The highest BCUT2D eigenvalue weighted by molar-refractivity contribution is 5.72. The van der Waals surface area contributed by atoms with E-state index in [1.165, 1.54) is 6.07 Å². The number of nitrogens with one attached hydrogen (secondary N) is 1. The zero-order valence-corrected chi connectivity index (χ0v) is 9.94. The maximum absolute atomic E-state index is 11.8. The summed E-state index contributed by atoms with van der Waals surface area (Å²) in [6.45, 7) is -0.612. The van der Waals surface area contributed by atoms with Gasteiger partial charge in [0.05, 0.1) is 11.6 Å². The Morgan fingerprint density at radius 3 is 2.95 bits per heavy atom. The molecule has 0 bridgehead atoms. The summed E-state index contributed by atoms with van der Waals surface area (Å²) in [5, 5.41) is 9.85. The summed E-state index contributed by atoms with van der Waals surface area (Å²) in [6.07, 6.45) is -3.18. The molecule has 0 aliphatic carbocycles. The summed E-state index contributed by atoms with van der Waals surface area (Å²) in [5.41, 5.74) is 1.42. The van der Waals surface area contributed by atoms with Crippen LogP contribution in [-0.2, 0) is 4.74 Å². The minimum atomic E-state index is -2.51. The molecule has 0 aliphatic rings. The fourth-order valence-corrected chi connectivity index (χ4v) is 1.70. The first-order chi connectivity index (χ1) is 9.06. The predicted octanol–water partition coefficient (Wildman–Crippen LogP) is 1.83. The number of aromatic nitrogens is 1. The zero-order valence-electron chi connectivity index (χ0n) is 9.94. The molecule has 1 atom stereocenters. The lowest BCUT2D eigenvalue weighted by molar-refractivity contribution is 0.00482. The first kappa shape index (κ1) is 13.7. The van der Waals surface area contributed by atoms with E-state index in [1.54, 1.807) is 12.1 Å². The van der Waals surface area contributed by atoms with Gasteiger partial charge in [-0.3, -0.25) is 4.98 Å². The van der Waals surface area contributed by atoms with Gasteiger partial charge in [-0.15, -0.1) is 0 Å². The monoisotopic (exact) mass is 273 g/mol. The fourth-order valence-electron chi connectivity index (χ4n) is 1.70. The highest BCUT2D eigenvalue weighted by atomic mass is 19.3. The van der Waals surface area contributed by atoms with Crippen LogP contribution in [0.15, 0.2) is 27.4 Å². The van der Waals surface area contributed by atoms with Crippen molar-refractivity contribution in [3.05, 3.63) is 34.3 Å². The van der Waals surface area contributed by atoms with Gasteiger partial charge in [-0.25, -0.2) is 13.6 Å². The Morgan fingerprint density at radius 1 is 1.42 bits per heavy atom. The minimum absolute atomic E-state index is 0.0284. The largest absolute Gasteiger partial charge is 0.417 e. The van der Waals surface area contributed by atoms with E-state index in [9.17, 15) is 18.7 Å². The van der Waals surface area contributed by atoms with Crippen molar-refractivity contribution in [3.63, 3.8) is 0 Å². The lowest BCUT2D eigenvalue weighted by Gasteiger charge is -2.11. The molecule has 0 aliphatic heterocycles. The summed E-state index contributed by atoms with van der Waals surface area (Å²) in [6, 6.07) is 4.77. The van der Waals surface area contributed by atoms with Crippen LogP contribution in [0.4, 0.5) is 8.78 Å². The number of aromatic amines is 1. The van der Waals surface area contributed by atoms with Crippen molar-refractivity contribution < 1.29 is 23.0 Å². The number of fused-ring (bicyclic) bond motifs is 1. The maximum Gasteiger partial charge on any atom is 0.417 e. The quantitative estimate of drug-likeness (QED) is 0.787. The molecule has 0 saturated carbocycles. The van der Waals surface area contributed by atoms with Gasteiger partial charge in [0.2, 0.25) is 0 Å². The fraction of sp³-hybridized carbons (Fsp3) is 0.417. The van der Waals surface area contributed by atoms with E-state index < -0.39 is 24.9 Å². The molecule has 1 aromatic heterocycles. The predicted molar refractivity (Wildman–Crippen MR) is 63.2 cm³/mol. The number of oxazole rings is 1. The Kier molecular flexibility index (Phi) is 4.28. The van der Waals surface area contributed by atoms with E-state index in [2.05, 4.69) is 9.72 Å². The van der Waals surface area contributed by atoms with Gasteiger partial charge in [-0.2, -0.15) is 0 Å². The summed E-state index contributed by atoms with van der Waals surface area (Å²) in [7, 11) is 0. The van der Waals surface area contributed by atoms with Crippen LogP contribution in [0.5, 0.6) is 0 Å². The van der Waals surface area contributed by atoms with E-state index in [4.69, 9.17) is 4.42 Å². The van der Waals surface area contributed by atoms with Crippen LogP contribution < -0.4 is 5.76 Å². The van der Waals surface area contributed by atoms with Crippen LogP contribution in [0.25, 0.3) is 11.1 Å². The minimum Gasteiger partial charge on any atom is -0.408 e. The Hall–Kier alpha value is -1.73.